The zero-order valence-electron chi connectivity index (χ0n) is 15.3. The van der Waals surface area contributed by atoms with E-state index in [1.165, 1.54) is 18.9 Å². The van der Waals surface area contributed by atoms with Crippen LogP contribution < -0.4 is 10.6 Å². The van der Waals surface area contributed by atoms with E-state index in [1.807, 2.05) is 18.2 Å². The molecule has 4 rings (SSSR count). The number of amides is 2. The van der Waals surface area contributed by atoms with Gasteiger partial charge in [-0.3, -0.25) is 4.99 Å². The van der Waals surface area contributed by atoms with Crippen molar-refractivity contribution < 1.29 is 14.3 Å². The molecule has 0 unspecified atom stereocenters. The second-order valence-electron chi connectivity index (χ2n) is 6.38. The summed E-state index contributed by atoms with van der Waals surface area (Å²) in [4.78, 5) is 28.7. The lowest BCUT2D eigenvalue weighted by Gasteiger charge is -2.16. The largest absolute Gasteiger partial charge is 0.451 e. The molecule has 0 saturated heterocycles. The highest BCUT2D eigenvalue weighted by atomic mass is 16.5. The Morgan fingerprint density at radius 2 is 2.00 bits per heavy atom. The normalized spacial score (nSPS) is 12.8. The van der Waals surface area contributed by atoms with Gasteiger partial charge in [-0.2, -0.15) is 9.78 Å². The van der Waals surface area contributed by atoms with E-state index < -0.39 is 6.09 Å². The Morgan fingerprint density at radius 3 is 2.86 bits per heavy atom. The van der Waals surface area contributed by atoms with E-state index in [4.69, 9.17) is 4.74 Å². The highest BCUT2D eigenvalue weighted by molar-refractivity contribution is 6.03. The fourth-order valence-electron chi connectivity index (χ4n) is 3.21. The fourth-order valence-corrected chi connectivity index (χ4v) is 3.21. The topological polar surface area (TPSA) is 97.6 Å². The van der Waals surface area contributed by atoms with Gasteiger partial charge in [-0.1, -0.05) is 24.3 Å². The summed E-state index contributed by atoms with van der Waals surface area (Å²) >= 11 is 0. The molecule has 0 spiro atoms. The van der Waals surface area contributed by atoms with Gasteiger partial charge in [0.15, 0.2) is 0 Å². The van der Waals surface area contributed by atoms with Gasteiger partial charge in [0, 0.05) is 11.1 Å². The van der Waals surface area contributed by atoms with Gasteiger partial charge in [-0.15, -0.1) is 0 Å². The Kier molecular flexibility index (Phi) is 4.76. The first-order valence-corrected chi connectivity index (χ1v) is 8.90. The van der Waals surface area contributed by atoms with Gasteiger partial charge < -0.3 is 15.4 Å². The maximum Gasteiger partial charge on any atom is 0.434 e. The Hall–Kier alpha value is -3.68. The minimum Gasteiger partial charge on any atom is -0.451 e. The van der Waals surface area contributed by atoms with Crippen LogP contribution in [0.2, 0.25) is 0 Å². The number of urea groups is 1. The molecule has 1 aromatic heterocycles. The van der Waals surface area contributed by atoms with Crippen molar-refractivity contribution in [1.82, 2.24) is 15.1 Å². The number of benzene rings is 2. The molecule has 8 heteroatoms. The quantitative estimate of drug-likeness (QED) is 0.730. The molecule has 0 atom stereocenters. The first kappa shape index (κ1) is 17.7. The van der Waals surface area contributed by atoms with Gasteiger partial charge >= 0.3 is 12.1 Å². The molecule has 0 aliphatic carbocycles. The highest BCUT2D eigenvalue weighted by Crippen LogP contribution is 2.25. The average molecular weight is 377 g/mol. The van der Waals surface area contributed by atoms with Gasteiger partial charge in [0.25, 0.3) is 0 Å². The summed E-state index contributed by atoms with van der Waals surface area (Å²) in [6.45, 7) is 0.373. The SMILES string of the molecule is COC(=O)n1ncc2c(NC(=O)NCC3=Nc4ccccc4CC3)cccc21. The molecule has 2 aromatic carbocycles. The van der Waals surface area contributed by atoms with Gasteiger partial charge in [-0.05, 0) is 36.6 Å². The molecule has 8 nitrogen and oxygen atoms in total. The molecule has 0 saturated carbocycles. The van der Waals surface area contributed by atoms with E-state index in [0.29, 0.717) is 23.1 Å². The molecule has 0 radical (unpaired) electrons. The second-order valence-corrected chi connectivity index (χ2v) is 6.38. The maximum atomic E-state index is 12.3. The Balaban J connectivity index is 1.44. The van der Waals surface area contributed by atoms with E-state index in [-0.39, 0.29) is 6.03 Å². The van der Waals surface area contributed by atoms with E-state index in [2.05, 4.69) is 26.8 Å². The van der Waals surface area contributed by atoms with Crippen molar-refractivity contribution in [3.63, 3.8) is 0 Å². The fraction of sp³-hybridized carbons (Fsp3) is 0.200. The van der Waals surface area contributed by atoms with Gasteiger partial charge in [0.2, 0.25) is 0 Å². The molecule has 2 N–H and O–H groups in total. The molecule has 1 aliphatic rings. The summed E-state index contributed by atoms with van der Waals surface area (Å²) in [5, 5.41) is 10.3. The number of carbonyl (C=O) groups excluding carboxylic acids is 2. The number of rotatable bonds is 3. The summed E-state index contributed by atoms with van der Waals surface area (Å²) in [6, 6.07) is 12.9. The number of aliphatic imine (C=N–C) groups is 1. The Labute approximate surface area is 161 Å². The molecule has 2 heterocycles. The number of hydrogen-bond acceptors (Lipinski definition) is 5. The highest BCUT2D eigenvalue weighted by Gasteiger charge is 2.15. The lowest BCUT2D eigenvalue weighted by atomic mass is 10.0. The molecule has 1 aliphatic heterocycles. The summed E-state index contributed by atoms with van der Waals surface area (Å²) < 4.78 is 5.85. The van der Waals surface area contributed by atoms with Crippen LogP contribution >= 0.6 is 0 Å². The predicted molar refractivity (Wildman–Crippen MR) is 106 cm³/mol. The maximum absolute atomic E-state index is 12.3. The van der Waals surface area contributed by atoms with E-state index in [9.17, 15) is 9.59 Å². The monoisotopic (exact) mass is 377 g/mol. The molecular weight excluding hydrogens is 358 g/mol. The van der Waals surface area contributed by atoms with Crippen LogP contribution in [0.4, 0.5) is 21.0 Å². The molecular formula is C20H19N5O3. The first-order chi connectivity index (χ1) is 13.7. The number of methoxy groups -OCH3 is 1. The number of ether oxygens (including phenoxy) is 1. The third kappa shape index (κ3) is 3.44. The zero-order chi connectivity index (χ0) is 19.5. The number of aromatic nitrogens is 2. The smallest absolute Gasteiger partial charge is 0.434 e. The van der Waals surface area contributed by atoms with Crippen molar-refractivity contribution in [3.8, 4) is 0 Å². The number of nitrogens with zero attached hydrogens (tertiary/aromatic N) is 3. The standard InChI is InChI=1S/C20H19N5O3/c1-28-20(27)25-18-8-4-7-17(15(18)12-22-25)24-19(26)21-11-14-10-9-13-5-2-3-6-16(13)23-14/h2-8,12H,9-11H2,1H3,(H2,21,24,26). The number of hydrogen-bond donors (Lipinski definition) is 2. The molecule has 142 valence electrons. The number of para-hydroxylation sites is 1. The number of fused-ring (bicyclic) bond motifs is 2. The lowest BCUT2D eigenvalue weighted by Crippen LogP contribution is -2.34. The number of nitrogens with one attached hydrogen (secondary N) is 2. The number of aryl methyl sites for hydroxylation is 1. The van der Waals surface area contributed by atoms with Gasteiger partial charge in [0.1, 0.15) is 0 Å². The summed E-state index contributed by atoms with van der Waals surface area (Å²) in [5.41, 5.74) is 4.24. The average Bonchev–Trinajstić information content (AvgIpc) is 3.17. The van der Waals surface area contributed by atoms with E-state index >= 15 is 0 Å². The third-order valence-electron chi connectivity index (χ3n) is 4.62. The van der Waals surface area contributed by atoms with Crippen LogP contribution in [0.25, 0.3) is 10.9 Å². The Morgan fingerprint density at radius 1 is 1.14 bits per heavy atom. The van der Waals surface area contributed by atoms with Crippen molar-refractivity contribution in [1.29, 1.82) is 0 Å². The van der Waals surface area contributed by atoms with Crippen LogP contribution in [0, 0.1) is 0 Å². The van der Waals surface area contributed by atoms with Crippen LogP contribution in [0.15, 0.2) is 53.7 Å². The van der Waals surface area contributed by atoms with E-state index in [1.54, 1.807) is 18.2 Å². The van der Waals surface area contributed by atoms with Crippen LogP contribution in [0.3, 0.4) is 0 Å². The summed E-state index contributed by atoms with van der Waals surface area (Å²) in [5.74, 6) is 0. The van der Waals surface area contributed by atoms with Crippen LogP contribution in [0.5, 0.6) is 0 Å². The first-order valence-electron chi connectivity index (χ1n) is 8.90. The molecule has 2 amide bonds. The summed E-state index contributed by atoms with van der Waals surface area (Å²) in [7, 11) is 1.29. The Bertz CT molecular complexity index is 1090. The van der Waals surface area contributed by atoms with Gasteiger partial charge in [0.05, 0.1) is 36.7 Å². The molecule has 28 heavy (non-hydrogen) atoms. The molecule has 3 aromatic rings. The van der Waals surface area contributed by atoms with Crippen molar-refractivity contribution in [2.24, 2.45) is 4.99 Å². The number of carbonyl (C=O) groups is 2. The van der Waals surface area contributed by atoms with Crippen LogP contribution in [0.1, 0.15) is 12.0 Å². The van der Waals surface area contributed by atoms with Gasteiger partial charge in [-0.25, -0.2) is 9.59 Å². The zero-order valence-corrected chi connectivity index (χ0v) is 15.3. The minimum absolute atomic E-state index is 0.347. The van der Waals surface area contributed by atoms with Crippen molar-refractivity contribution in [2.75, 3.05) is 19.0 Å². The van der Waals surface area contributed by atoms with Crippen LogP contribution in [-0.2, 0) is 11.2 Å². The summed E-state index contributed by atoms with van der Waals surface area (Å²) in [6.07, 6.45) is 2.67. The predicted octanol–water partition coefficient (Wildman–Crippen LogP) is 3.49. The minimum atomic E-state index is -0.591. The number of anilines is 1. The third-order valence-corrected chi connectivity index (χ3v) is 4.62. The second kappa shape index (κ2) is 7.51. The molecule has 0 bridgehead atoms. The van der Waals surface area contributed by atoms with Crippen molar-refractivity contribution in [2.45, 2.75) is 12.8 Å². The van der Waals surface area contributed by atoms with E-state index in [0.717, 1.165) is 28.9 Å². The lowest BCUT2D eigenvalue weighted by molar-refractivity contribution is 0.170. The molecule has 0 fully saturated rings. The van der Waals surface area contributed by atoms with Crippen molar-refractivity contribution >= 4 is 40.1 Å². The van der Waals surface area contributed by atoms with Crippen molar-refractivity contribution in [3.05, 3.63) is 54.2 Å². The van der Waals surface area contributed by atoms with Crippen LogP contribution in [-0.4, -0.2) is 41.3 Å².